The second-order valence-electron chi connectivity index (χ2n) is 3.88. The van der Waals surface area contributed by atoms with Crippen molar-refractivity contribution in [1.82, 2.24) is 5.32 Å². The summed E-state index contributed by atoms with van der Waals surface area (Å²) in [5.74, 6) is -3.82. The first-order valence-electron chi connectivity index (χ1n) is 5.50. The van der Waals surface area contributed by atoms with Gasteiger partial charge in [0.05, 0.1) is 19.2 Å². The topological polar surface area (TPSA) is 119 Å². The van der Waals surface area contributed by atoms with Crippen molar-refractivity contribution in [3.8, 4) is 0 Å². The highest BCUT2D eigenvalue weighted by Gasteiger charge is 2.24. The minimum absolute atomic E-state index is 0.104. The van der Waals surface area contributed by atoms with Crippen molar-refractivity contribution in [2.45, 2.75) is 12.5 Å². The van der Waals surface area contributed by atoms with Gasteiger partial charge in [0.25, 0.3) is 5.91 Å². The summed E-state index contributed by atoms with van der Waals surface area (Å²) < 4.78 is 17.5. The summed E-state index contributed by atoms with van der Waals surface area (Å²) in [5, 5.41) is 11.0. The van der Waals surface area contributed by atoms with Crippen LogP contribution in [0.5, 0.6) is 0 Å². The highest BCUT2D eigenvalue weighted by molar-refractivity contribution is 5.97. The molecule has 0 spiro atoms. The van der Waals surface area contributed by atoms with Gasteiger partial charge in [-0.3, -0.25) is 9.59 Å². The highest BCUT2D eigenvalue weighted by Crippen LogP contribution is 2.12. The summed E-state index contributed by atoms with van der Waals surface area (Å²) in [6.45, 7) is 0. The van der Waals surface area contributed by atoms with Gasteiger partial charge in [0.1, 0.15) is 11.9 Å². The van der Waals surface area contributed by atoms with Gasteiger partial charge in [-0.1, -0.05) is 0 Å². The number of esters is 1. The summed E-state index contributed by atoms with van der Waals surface area (Å²) in [6.07, 6.45) is -0.533. The Morgan fingerprint density at radius 1 is 1.45 bits per heavy atom. The van der Waals surface area contributed by atoms with Crippen LogP contribution in [0.15, 0.2) is 18.2 Å². The Kier molecular flexibility index (Phi) is 5.01. The van der Waals surface area contributed by atoms with E-state index in [-0.39, 0.29) is 11.3 Å². The Morgan fingerprint density at radius 3 is 2.60 bits per heavy atom. The second-order valence-corrected chi connectivity index (χ2v) is 3.88. The molecule has 0 aliphatic carbocycles. The number of nitrogen functional groups attached to an aromatic ring is 1. The van der Waals surface area contributed by atoms with Crippen LogP contribution in [-0.4, -0.2) is 36.1 Å². The Morgan fingerprint density at radius 2 is 2.10 bits per heavy atom. The van der Waals surface area contributed by atoms with E-state index in [4.69, 9.17) is 10.8 Å². The lowest BCUT2D eigenvalue weighted by Crippen LogP contribution is -2.42. The third-order valence-corrected chi connectivity index (χ3v) is 2.46. The lowest BCUT2D eigenvalue weighted by molar-refractivity contribution is -0.147. The number of nitrogens with one attached hydrogen (secondary N) is 1. The van der Waals surface area contributed by atoms with E-state index in [2.05, 4.69) is 10.1 Å². The van der Waals surface area contributed by atoms with Crippen LogP contribution >= 0.6 is 0 Å². The van der Waals surface area contributed by atoms with E-state index in [0.29, 0.717) is 0 Å². The van der Waals surface area contributed by atoms with E-state index in [1.165, 1.54) is 12.1 Å². The molecule has 1 aromatic rings. The zero-order valence-electron chi connectivity index (χ0n) is 10.6. The molecule has 108 valence electrons. The van der Waals surface area contributed by atoms with Gasteiger partial charge >= 0.3 is 11.9 Å². The summed E-state index contributed by atoms with van der Waals surface area (Å²) in [7, 11) is 1.10. The molecule has 1 rings (SSSR count). The maximum Gasteiger partial charge on any atom is 0.326 e. The molecule has 0 radical (unpaired) electrons. The standard InChI is InChI=1S/C12H13FN2O5/c1-20-10(16)5-9(12(18)19)15-11(17)6-2-3-8(14)7(13)4-6/h2-4,9H,5,14H2,1H3,(H,15,17)(H,18,19)/t9-/m0/s1. The fourth-order valence-electron chi connectivity index (χ4n) is 1.36. The molecule has 1 atom stereocenters. The number of aliphatic carboxylic acids is 1. The van der Waals surface area contributed by atoms with Crippen molar-refractivity contribution in [2.75, 3.05) is 12.8 Å². The Hall–Kier alpha value is -2.64. The van der Waals surface area contributed by atoms with Crippen LogP contribution in [0, 0.1) is 5.82 Å². The average molecular weight is 284 g/mol. The number of carbonyl (C=O) groups excluding carboxylic acids is 2. The number of hydrogen-bond acceptors (Lipinski definition) is 5. The van der Waals surface area contributed by atoms with Gasteiger partial charge in [0, 0.05) is 5.56 Å². The molecule has 0 aliphatic rings. The lowest BCUT2D eigenvalue weighted by Gasteiger charge is -2.13. The van der Waals surface area contributed by atoms with Gasteiger partial charge in [0.15, 0.2) is 0 Å². The second kappa shape index (κ2) is 6.50. The van der Waals surface area contributed by atoms with E-state index < -0.39 is 36.1 Å². The van der Waals surface area contributed by atoms with Crippen LogP contribution in [-0.2, 0) is 14.3 Å². The molecular weight excluding hydrogens is 271 g/mol. The van der Waals surface area contributed by atoms with Gasteiger partial charge < -0.3 is 20.9 Å². The maximum atomic E-state index is 13.2. The van der Waals surface area contributed by atoms with Crippen molar-refractivity contribution in [2.24, 2.45) is 0 Å². The van der Waals surface area contributed by atoms with E-state index >= 15 is 0 Å². The van der Waals surface area contributed by atoms with Gasteiger partial charge in [-0.15, -0.1) is 0 Å². The number of rotatable bonds is 5. The summed E-state index contributed by atoms with van der Waals surface area (Å²) >= 11 is 0. The molecule has 7 nitrogen and oxygen atoms in total. The fourth-order valence-corrected chi connectivity index (χ4v) is 1.36. The monoisotopic (exact) mass is 284 g/mol. The number of amides is 1. The number of nitrogens with two attached hydrogens (primary N) is 1. The van der Waals surface area contributed by atoms with Gasteiger partial charge in [-0.2, -0.15) is 0 Å². The van der Waals surface area contributed by atoms with Crippen LogP contribution in [0.1, 0.15) is 16.8 Å². The van der Waals surface area contributed by atoms with Gasteiger partial charge in [-0.05, 0) is 18.2 Å². The van der Waals surface area contributed by atoms with Crippen molar-refractivity contribution in [3.63, 3.8) is 0 Å². The number of hydrogen-bond donors (Lipinski definition) is 3. The van der Waals surface area contributed by atoms with E-state index in [1.54, 1.807) is 0 Å². The van der Waals surface area contributed by atoms with Gasteiger partial charge in [-0.25, -0.2) is 9.18 Å². The lowest BCUT2D eigenvalue weighted by atomic mass is 10.1. The molecule has 0 unspecified atom stereocenters. The zero-order valence-corrected chi connectivity index (χ0v) is 10.6. The zero-order chi connectivity index (χ0) is 15.3. The number of methoxy groups -OCH3 is 1. The Bertz CT molecular complexity index is 547. The smallest absolute Gasteiger partial charge is 0.326 e. The Balaban J connectivity index is 2.82. The molecule has 1 aromatic carbocycles. The molecule has 0 heterocycles. The molecule has 4 N–H and O–H groups in total. The number of carboxylic acid groups (broad SMARTS) is 1. The van der Waals surface area contributed by atoms with Crippen molar-refractivity contribution < 1.29 is 28.6 Å². The number of benzene rings is 1. The van der Waals surface area contributed by atoms with Crippen molar-refractivity contribution in [3.05, 3.63) is 29.6 Å². The predicted octanol–water partition coefficient (Wildman–Crippen LogP) is 0.154. The van der Waals surface area contributed by atoms with Crippen molar-refractivity contribution in [1.29, 1.82) is 0 Å². The first kappa shape index (κ1) is 15.4. The molecule has 1 amide bonds. The van der Waals surface area contributed by atoms with E-state index in [9.17, 15) is 18.8 Å². The first-order chi connectivity index (χ1) is 9.35. The first-order valence-corrected chi connectivity index (χ1v) is 5.50. The molecular formula is C12H13FN2O5. The average Bonchev–Trinajstić information content (AvgIpc) is 2.40. The normalized spacial score (nSPS) is 11.5. The van der Waals surface area contributed by atoms with Gasteiger partial charge in [0.2, 0.25) is 0 Å². The summed E-state index contributed by atoms with van der Waals surface area (Å²) in [6, 6.07) is 1.84. The molecule has 20 heavy (non-hydrogen) atoms. The van der Waals surface area contributed by atoms with Crippen LogP contribution in [0.4, 0.5) is 10.1 Å². The molecule has 0 fully saturated rings. The molecule has 0 saturated carbocycles. The fraction of sp³-hybridized carbons (Fsp3) is 0.250. The quantitative estimate of drug-likeness (QED) is 0.523. The largest absolute Gasteiger partial charge is 0.480 e. The highest BCUT2D eigenvalue weighted by atomic mass is 19.1. The minimum atomic E-state index is -1.46. The molecule has 0 aromatic heterocycles. The maximum absolute atomic E-state index is 13.2. The minimum Gasteiger partial charge on any atom is -0.480 e. The number of ether oxygens (including phenoxy) is 1. The van der Waals surface area contributed by atoms with Crippen LogP contribution in [0.2, 0.25) is 0 Å². The third kappa shape index (κ3) is 3.94. The predicted molar refractivity (Wildman–Crippen MR) is 66.3 cm³/mol. The number of halogens is 1. The molecule has 8 heteroatoms. The molecule has 0 saturated heterocycles. The van der Waals surface area contributed by atoms with Crippen LogP contribution in [0.3, 0.4) is 0 Å². The SMILES string of the molecule is COC(=O)C[C@H](NC(=O)c1ccc(N)c(F)c1)C(=O)O. The number of carboxylic acids is 1. The van der Waals surface area contributed by atoms with E-state index in [1.807, 2.05) is 0 Å². The number of anilines is 1. The Labute approximate surface area is 113 Å². The third-order valence-electron chi connectivity index (χ3n) is 2.46. The van der Waals surface area contributed by atoms with Crippen molar-refractivity contribution >= 4 is 23.5 Å². The van der Waals surface area contributed by atoms with Crippen LogP contribution in [0.25, 0.3) is 0 Å². The summed E-state index contributed by atoms with van der Waals surface area (Å²) in [5.41, 5.74) is 5.02. The molecule has 0 bridgehead atoms. The van der Waals surface area contributed by atoms with E-state index in [0.717, 1.165) is 13.2 Å². The molecule has 0 aliphatic heterocycles. The number of carbonyl (C=O) groups is 3. The summed E-state index contributed by atoms with van der Waals surface area (Å²) in [4.78, 5) is 33.7. The van der Waals surface area contributed by atoms with Crippen LogP contribution < -0.4 is 11.1 Å².